The summed E-state index contributed by atoms with van der Waals surface area (Å²) in [7, 11) is 0. The molecule has 0 saturated carbocycles. The molecule has 0 aromatic heterocycles. The molecule has 1 atom stereocenters. The monoisotopic (exact) mass is 287 g/mol. The normalized spacial score (nSPS) is 12.1. The summed E-state index contributed by atoms with van der Waals surface area (Å²) >= 11 is 0. The predicted molar refractivity (Wildman–Crippen MR) is 84.1 cm³/mol. The highest BCUT2D eigenvalue weighted by molar-refractivity contribution is 5.31. The van der Waals surface area contributed by atoms with Crippen LogP contribution in [0.2, 0.25) is 0 Å². The van der Waals surface area contributed by atoms with E-state index in [4.69, 9.17) is 4.74 Å². The first-order valence-corrected chi connectivity index (χ1v) is 7.40. The first-order chi connectivity index (χ1) is 10.2. The summed E-state index contributed by atoms with van der Waals surface area (Å²) in [5.74, 6) is 0.0174. The van der Waals surface area contributed by atoms with Crippen LogP contribution in [0.25, 0.3) is 0 Å². The Morgan fingerprint density at radius 2 is 1.90 bits per heavy atom. The van der Waals surface area contributed by atoms with Gasteiger partial charge >= 0.3 is 0 Å². The van der Waals surface area contributed by atoms with Crippen LogP contribution in [0.15, 0.2) is 48.5 Å². The highest BCUT2D eigenvalue weighted by Crippen LogP contribution is 2.22. The molecule has 2 aromatic carbocycles. The molecule has 2 rings (SSSR count). The van der Waals surface area contributed by atoms with Crippen LogP contribution in [-0.4, -0.2) is 13.2 Å². The Labute approximate surface area is 126 Å². The molecule has 0 aliphatic heterocycles. The van der Waals surface area contributed by atoms with Gasteiger partial charge in [0.05, 0.1) is 6.61 Å². The Balaban J connectivity index is 1.88. The number of ether oxygens (including phenoxy) is 1. The Hall–Kier alpha value is -1.87. The molecule has 0 radical (unpaired) electrons. The molecule has 0 saturated heterocycles. The summed E-state index contributed by atoms with van der Waals surface area (Å²) in [4.78, 5) is 0. The zero-order valence-corrected chi connectivity index (χ0v) is 12.6. The van der Waals surface area contributed by atoms with Crippen molar-refractivity contribution in [2.45, 2.75) is 26.3 Å². The maximum Gasteiger partial charge on any atom is 0.165 e. The quantitative estimate of drug-likeness (QED) is 0.827. The molecule has 1 N–H and O–H groups in total. The molecule has 0 aliphatic rings. The van der Waals surface area contributed by atoms with Gasteiger partial charge in [0.2, 0.25) is 0 Å². The smallest absolute Gasteiger partial charge is 0.165 e. The molecule has 0 amide bonds. The minimum absolute atomic E-state index is 0.110. The lowest BCUT2D eigenvalue weighted by Crippen LogP contribution is -2.21. The third-order valence-corrected chi connectivity index (χ3v) is 3.46. The molecule has 112 valence electrons. The van der Waals surface area contributed by atoms with Crippen LogP contribution in [0.4, 0.5) is 4.39 Å². The summed E-state index contributed by atoms with van der Waals surface area (Å²) in [5.41, 5.74) is 2.24. The standard InChI is InChI=1S/C18H22FNO/c1-3-21-18-10-9-16(13-17(18)19)14(2)20-12-11-15-7-5-4-6-8-15/h4-10,13-14,20H,3,11-12H2,1-2H3/t14-/m0/s1. The van der Waals surface area contributed by atoms with Gasteiger partial charge < -0.3 is 10.1 Å². The second kappa shape index (κ2) is 7.79. The van der Waals surface area contributed by atoms with Crippen molar-refractivity contribution in [2.75, 3.05) is 13.2 Å². The largest absolute Gasteiger partial charge is 0.491 e. The van der Waals surface area contributed by atoms with E-state index in [1.54, 1.807) is 12.1 Å². The van der Waals surface area contributed by atoms with Crippen LogP contribution in [0.3, 0.4) is 0 Å². The van der Waals surface area contributed by atoms with Gasteiger partial charge in [-0.15, -0.1) is 0 Å². The number of rotatable bonds is 7. The molecular weight excluding hydrogens is 265 g/mol. The average molecular weight is 287 g/mol. The zero-order chi connectivity index (χ0) is 15.1. The van der Waals surface area contributed by atoms with Crippen molar-refractivity contribution >= 4 is 0 Å². The molecule has 2 nitrogen and oxygen atoms in total. The van der Waals surface area contributed by atoms with Gasteiger partial charge in [0.15, 0.2) is 11.6 Å². The summed E-state index contributed by atoms with van der Waals surface area (Å²) in [6.45, 7) is 5.22. The van der Waals surface area contributed by atoms with Crippen molar-refractivity contribution in [1.29, 1.82) is 0 Å². The third kappa shape index (κ3) is 4.57. The van der Waals surface area contributed by atoms with E-state index in [-0.39, 0.29) is 11.9 Å². The third-order valence-electron chi connectivity index (χ3n) is 3.46. The fourth-order valence-electron chi connectivity index (χ4n) is 2.25. The van der Waals surface area contributed by atoms with Gasteiger partial charge in [-0.05, 0) is 50.1 Å². The number of hydrogen-bond acceptors (Lipinski definition) is 2. The lowest BCUT2D eigenvalue weighted by molar-refractivity contribution is 0.321. The lowest BCUT2D eigenvalue weighted by atomic mass is 10.1. The van der Waals surface area contributed by atoms with Gasteiger partial charge in [0, 0.05) is 6.04 Å². The fraction of sp³-hybridized carbons (Fsp3) is 0.333. The maximum atomic E-state index is 13.8. The Kier molecular flexibility index (Phi) is 5.76. The van der Waals surface area contributed by atoms with Gasteiger partial charge in [0.1, 0.15) is 0 Å². The van der Waals surface area contributed by atoms with Gasteiger partial charge in [-0.3, -0.25) is 0 Å². The van der Waals surface area contributed by atoms with Crippen molar-refractivity contribution in [2.24, 2.45) is 0 Å². The van der Waals surface area contributed by atoms with Crippen molar-refractivity contribution in [1.82, 2.24) is 5.32 Å². The fourth-order valence-corrected chi connectivity index (χ4v) is 2.25. The Morgan fingerprint density at radius 1 is 1.14 bits per heavy atom. The first kappa shape index (κ1) is 15.5. The second-order valence-corrected chi connectivity index (χ2v) is 5.03. The molecule has 2 aromatic rings. The van der Waals surface area contributed by atoms with Crippen molar-refractivity contribution < 1.29 is 9.13 Å². The van der Waals surface area contributed by atoms with E-state index in [0.717, 1.165) is 18.5 Å². The second-order valence-electron chi connectivity index (χ2n) is 5.03. The molecule has 0 spiro atoms. The zero-order valence-electron chi connectivity index (χ0n) is 12.6. The van der Waals surface area contributed by atoms with Crippen molar-refractivity contribution in [3.8, 4) is 5.75 Å². The van der Waals surface area contributed by atoms with Gasteiger partial charge in [-0.25, -0.2) is 4.39 Å². The van der Waals surface area contributed by atoms with E-state index in [1.807, 2.05) is 38.1 Å². The number of halogens is 1. The van der Waals surface area contributed by atoms with Crippen molar-refractivity contribution in [3.05, 3.63) is 65.5 Å². The van der Waals surface area contributed by atoms with Crippen molar-refractivity contribution in [3.63, 3.8) is 0 Å². The van der Waals surface area contributed by atoms with Gasteiger partial charge in [0.25, 0.3) is 0 Å². The number of benzene rings is 2. The van der Waals surface area contributed by atoms with Crippen LogP contribution >= 0.6 is 0 Å². The highest BCUT2D eigenvalue weighted by atomic mass is 19.1. The molecule has 3 heteroatoms. The molecular formula is C18H22FNO. The summed E-state index contributed by atoms with van der Waals surface area (Å²) in [6, 6.07) is 15.6. The molecule has 0 unspecified atom stereocenters. The minimum atomic E-state index is -0.300. The molecule has 0 aliphatic carbocycles. The van der Waals surface area contributed by atoms with Crippen LogP contribution in [0, 0.1) is 5.82 Å². The highest BCUT2D eigenvalue weighted by Gasteiger charge is 2.09. The Bertz CT molecular complexity index is 556. The minimum Gasteiger partial charge on any atom is -0.491 e. The molecule has 0 heterocycles. The van der Waals surface area contributed by atoms with E-state index < -0.39 is 0 Å². The summed E-state index contributed by atoms with van der Waals surface area (Å²) in [6.07, 6.45) is 0.963. The molecule has 0 fully saturated rings. The van der Waals surface area contributed by atoms with Crippen LogP contribution in [-0.2, 0) is 6.42 Å². The van der Waals surface area contributed by atoms with Gasteiger partial charge in [-0.2, -0.15) is 0 Å². The lowest BCUT2D eigenvalue weighted by Gasteiger charge is -2.15. The van der Waals surface area contributed by atoms with E-state index in [0.29, 0.717) is 12.4 Å². The van der Waals surface area contributed by atoms with E-state index in [2.05, 4.69) is 17.4 Å². The van der Waals surface area contributed by atoms with Gasteiger partial charge in [-0.1, -0.05) is 36.4 Å². The number of nitrogens with one attached hydrogen (secondary N) is 1. The van der Waals surface area contributed by atoms with E-state index in [1.165, 1.54) is 5.56 Å². The summed E-state index contributed by atoms with van der Waals surface area (Å²) in [5, 5.41) is 3.42. The molecule has 0 bridgehead atoms. The number of hydrogen-bond donors (Lipinski definition) is 1. The summed E-state index contributed by atoms with van der Waals surface area (Å²) < 4.78 is 19.0. The average Bonchev–Trinajstić information content (AvgIpc) is 2.50. The van der Waals surface area contributed by atoms with Crippen LogP contribution < -0.4 is 10.1 Å². The maximum absolute atomic E-state index is 13.8. The Morgan fingerprint density at radius 3 is 2.57 bits per heavy atom. The van der Waals surface area contributed by atoms with Crippen LogP contribution in [0.5, 0.6) is 5.75 Å². The van der Waals surface area contributed by atoms with E-state index in [9.17, 15) is 4.39 Å². The van der Waals surface area contributed by atoms with E-state index >= 15 is 0 Å². The first-order valence-electron chi connectivity index (χ1n) is 7.40. The SMILES string of the molecule is CCOc1ccc([C@H](C)NCCc2ccccc2)cc1F. The molecule has 21 heavy (non-hydrogen) atoms. The topological polar surface area (TPSA) is 21.3 Å². The predicted octanol–water partition coefficient (Wildman–Crippen LogP) is 4.12. The van der Waals surface area contributed by atoms with Crippen LogP contribution in [0.1, 0.15) is 31.0 Å².